The van der Waals surface area contributed by atoms with Gasteiger partial charge in [0.1, 0.15) is 0 Å². The maximum Gasteiger partial charge on any atom is 0.00760 e. The highest BCUT2D eigenvalue weighted by molar-refractivity contribution is 7.10. The van der Waals surface area contributed by atoms with E-state index in [4.69, 9.17) is 0 Å². The van der Waals surface area contributed by atoms with Crippen LogP contribution >= 0.6 is 11.3 Å². The van der Waals surface area contributed by atoms with Crippen LogP contribution in [-0.4, -0.2) is 0 Å². The van der Waals surface area contributed by atoms with Gasteiger partial charge >= 0.3 is 0 Å². The van der Waals surface area contributed by atoms with Gasteiger partial charge in [0.2, 0.25) is 0 Å². The van der Waals surface area contributed by atoms with Crippen molar-refractivity contribution in [3.63, 3.8) is 0 Å². The first kappa shape index (κ1) is 7.80. The molecule has 1 aromatic rings. The Kier molecular flexibility index (Phi) is 2.50. The van der Waals surface area contributed by atoms with Crippen molar-refractivity contribution in [2.24, 2.45) is 0 Å². The molecule has 0 saturated heterocycles. The van der Waals surface area contributed by atoms with Crippen LogP contribution in [0.5, 0.6) is 0 Å². The minimum absolute atomic E-state index is 0.749. The van der Waals surface area contributed by atoms with Gasteiger partial charge in [0, 0.05) is 4.88 Å². The van der Waals surface area contributed by atoms with Crippen LogP contribution in [0, 0.1) is 6.92 Å². The second-order valence-electron chi connectivity index (χ2n) is 2.84. The molecule has 0 bridgehead atoms. The fourth-order valence-electron chi connectivity index (χ4n) is 0.913. The number of hydrogen-bond acceptors (Lipinski definition) is 1. The Hall–Kier alpha value is -0.300. The molecule has 0 aliphatic rings. The lowest BCUT2D eigenvalue weighted by Crippen LogP contribution is -1.84. The molecule has 1 aromatic heterocycles. The van der Waals surface area contributed by atoms with Crippen LogP contribution in [0.2, 0.25) is 0 Å². The van der Waals surface area contributed by atoms with Gasteiger partial charge in [-0.1, -0.05) is 13.8 Å². The lowest BCUT2D eigenvalue weighted by atomic mass is 10.1. The van der Waals surface area contributed by atoms with Crippen LogP contribution in [0.3, 0.4) is 0 Å². The summed E-state index contributed by atoms with van der Waals surface area (Å²) in [6.07, 6.45) is 1.25. The third-order valence-corrected chi connectivity index (χ3v) is 3.13. The Morgan fingerprint density at radius 3 is 2.70 bits per heavy atom. The van der Waals surface area contributed by atoms with Crippen molar-refractivity contribution >= 4 is 11.3 Å². The highest BCUT2D eigenvalue weighted by Gasteiger charge is 2.03. The molecule has 1 unspecified atom stereocenters. The standard InChI is InChI=1S/C9H14S/c1-4-8(3)9-5-7(2)6-10-9/h5-6,8H,4H2,1-3H3. The minimum Gasteiger partial charge on any atom is -0.148 e. The maximum absolute atomic E-state index is 2.29. The van der Waals surface area contributed by atoms with Gasteiger partial charge in [-0.2, -0.15) is 0 Å². The number of thiophene rings is 1. The molecule has 0 spiro atoms. The molecule has 1 atom stereocenters. The molecule has 0 aromatic carbocycles. The van der Waals surface area contributed by atoms with Crippen LogP contribution < -0.4 is 0 Å². The third-order valence-electron chi connectivity index (χ3n) is 1.85. The summed E-state index contributed by atoms with van der Waals surface area (Å²) < 4.78 is 0. The van der Waals surface area contributed by atoms with E-state index in [-0.39, 0.29) is 0 Å². The molecule has 0 N–H and O–H groups in total. The van der Waals surface area contributed by atoms with Crippen molar-refractivity contribution in [1.82, 2.24) is 0 Å². The number of hydrogen-bond donors (Lipinski definition) is 0. The van der Waals surface area contributed by atoms with Crippen molar-refractivity contribution in [3.8, 4) is 0 Å². The van der Waals surface area contributed by atoms with Gasteiger partial charge in [-0.05, 0) is 36.3 Å². The second kappa shape index (κ2) is 3.20. The van der Waals surface area contributed by atoms with Crippen molar-refractivity contribution in [2.45, 2.75) is 33.1 Å². The van der Waals surface area contributed by atoms with Crippen molar-refractivity contribution < 1.29 is 0 Å². The Balaban J connectivity index is 2.74. The number of aryl methyl sites for hydroxylation is 1. The number of rotatable bonds is 2. The summed E-state index contributed by atoms with van der Waals surface area (Å²) in [6, 6.07) is 2.29. The molecule has 1 heteroatoms. The van der Waals surface area contributed by atoms with E-state index in [2.05, 4.69) is 32.2 Å². The van der Waals surface area contributed by atoms with Crippen LogP contribution in [0.25, 0.3) is 0 Å². The van der Waals surface area contributed by atoms with Gasteiger partial charge in [-0.15, -0.1) is 11.3 Å². The zero-order valence-electron chi connectivity index (χ0n) is 6.85. The molecule has 56 valence electrons. The van der Waals surface area contributed by atoms with Crippen molar-refractivity contribution in [1.29, 1.82) is 0 Å². The minimum atomic E-state index is 0.749. The smallest absolute Gasteiger partial charge is 0.00760 e. The molecule has 0 radical (unpaired) electrons. The molecule has 1 heterocycles. The predicted molar refractivity (Wildman–Crippen MR) is 47.8 cm³/mol. The summed E-state index contributed by atoms with van der Waals surface area (Å²) in [5.74, 6) is 0.749. The summed E-state index contributed by atoms with van der Waals surface area (Å²) in [4.78, 5) is 1.53. The largest absolute Gasteiger partial charge is 0.148 e. The third kappa shape index (κ3) is 1.60. The van der Waals surface area contributed by atoms with Gasteiger partial charge in [-0.25, -0.2) is 0 Å². The van der Waals surface area contributed by atoms with Crippen molar-refractivity contribution in [3.05, 3.63) is 21.9 Å². The van der Waals surface area contributed by atoms with E-state index < -0.39 is 0 Å². The molecule has 0 fully saturated rings. The van der Waals surface area contributed by atoms with Crippen LogP contribution in [0.1, 0.15) is 36.6 Å². The second-order valence-corrected chi connectivity index (χ2v) is 3.78. The Morgan fingerprint density at radius 2 is 2.30 bits per heavy atom. The van der Waals surface area contributed by atoms with Crippen molar-refractivity contribution in [2.75, 3.05) is 0 Å². The van der Waals surface area contributed by atoms with E-state index in [1.807, 2.05) is 11.3 Å². The molecule has 0 aliphatic carbocycles. The molecule has 0 amide bonds. The average Bonchev–Trinajstić information content (AvgIpc) is 2.34. The monoisotopic (exact) mass is 154 g/mol. The first-order valence-corrected chi connectivity index (χ1v) is 4.67. The molecule has 0 nitrogen and oxygen atoms in total. The maximum atomic E-state index is 2.29. The van der Waals surface area contributed by atoms with E-state index in [1.165, 1.54) is 16.9 Å². The Labute approximate surface area is 66.9 Å². The quantitative estimate of drug-likeness (QED) is 0.611. The fraction of sp³-hybridized carbons (Fsp3) is 0.556. The summed E-state index contributed by atoms with van der Waals surface area (Å²) in [6.45, 7) is 6.67. The lowest BCUT2D eigenvalue weighted by Gasteiger charge is -2.02. The van der Waals surface area contributed by atoms with E-state index >= 15 is 0 Å². The topological polar surface area (TPSA) is 0 Å². The zero-order chi connectivity index (χ0) is 7.56. The first-order chi connectivity index (χ1) is 4.74. The van der Waals surface area contributed by atoms with E-state index in [9.17, 15) is 0 Å². The highest BCUT2D eigenvalue weighted by Crippen LogP contribution is 2.25. The predicted octanol–water partition coefficient (Wildman–Crippen LogP) is 3.57. The summed E-state index contributed by atoms with van der Waals surface area (Å²) >= 11 is 1.88. The SMILES string of the molecule is CCC(C)c1cc(C)cs1. The summed E-state index contributed by atoms with van der Waals surface area (Å²) in [5, 5.41) is 2.22. The lowest BCUT2D eigenvalue weighted by molar-refractivity contribution is 0.747. The Bertz CT molecular complexity index is 200. The van der Waals surface area contributed by atoms with E-state index in [0.29, 0.717) is 0 Å². The Morgan fingerprint density at radius 1 is 1.60 bits per heavy atom. The average molecular weight is 154 g/mol. The summed E-state index contributed by atoms with van der Waals surface area (Å²) in [5.41, 5.74) is 1.40. The molecular weight excluding hydrogens is 140 g/mol. The molecule has 0 aliphatic heterocycles. The van der Waals surface area contributed by atoms with Gasteiger partial charge in [-0.3, -0.25) is 0 Å². The normalized spacial score (nSPS) is 13.5. The van der Waals surface area contributed by atoms with Gasteiger partial charge in [0.15, 0.2) is 0 Å². The van der Waals surface area contributed by atoms with Crippen LogP contribution in [0.4, 0.5) is 0 Å². The molecular formula is C9H14S. The van der Waals surface area contributed by atoms with E-state index in [1.54, 1.807) is 0 Å². The first-order valence-electron chi connectivity index (χ1n) is 3.79. The summed E-state index contributed by atoms with van der Waals surface area (Å²) in [7, 11) is 0. The van der Waals surface area contributed by atoms with E-state index in [0.717, 1.165) is 5.92 Å². The molecule has 10 heavy (non-hydrogen) atoms. The molecule has 1 rings (SSSR count). The zero-order valence-corrected chi connectivity index (χ0v) is 7.66. The van der Waals surface area contributed by atoms with Crippen LogP contribution in [-0.2, 0) is 0 Å². The van der Waals surface area contributed by atoms with Crippen LogP contribution in [0.15, 0.2) is 11.4 Å². The molecule has 0 saturated carbocycles. The van der Waals surface area contributed by atoms with Gasteiger partial charge in [0.25, 0.3) is 0 Å². The highest BCUT2D eigenvalue weighted by atomic mass is 32.1. The fourth-order valence-corrected chi connectivity index (χ4v) is 1.96. The van der Waals surface area contributed by atoms with Gasteiger partial charge < -0.3 is 0 Å². The van der Waals surface area contributed by atoms with Gasteiger partial charge in [0.05, 0.1) is 0 Å².